The second kappa shape index (κ2) is 3.96. The number of nitrogens with zero attached hydrogens (tertiary/aromatic N) is 2. The first-order chi connectivity index (χ1) is 7.29. The Kier molecular flexibility index (Phi) is 2.49. The molecule has 0 fully saturated rings. The molecule has 0 unspecified atom stereocenters. The molecule has 1 heterocycles. The summed E-state index contributed by atoms with van der Waals surface area (Å²) in [7, 11) is 0. The highest BCUT2D eigenvalue weighted by atomic mass is 19.1. The lowest BCUT2D eigenvalue weighted by Gasteiger charge is -2.00. The minimum atomic E-state index is -0.295. The Morgan fingerprint density at radius 1 is 1.13 bits per heavy atom. The van der Waals surface area contributed by atoms with Gasteiger partial charge in [0, 0.05) is 5.56 Å². The summed E-state index contributed by atoms with van der Waals surface area (Å²) in [5.41, 5.74) is 1.80. The third-order valence-electron chi connectivity index (χ3n) is 1.97. The minimum absolute atomic E-state index is 0.261. The predicted molar refractivity (Wildman–Crippen MR) is 52.8 cm³/mol. The molecule has 0 atom stereocenters. The molecule has 0 bridgehead atoms. The summed E-state index contributed by atoms with van der Waals surface area (Å²) < 4.78 is 12.7. The molecular weight excluding hydrogens is 195 g/mol. The molecule has 0 spiro atoms. The van der Waals surface area contributed by atoms with Gasteiger partial charge in [0.15, 0.2) is 6.29 Å². The van der Waals surface area contributed by atoms with E-state index in [0.717, 1.165) is 11.1 Å². The first-order valence-electron chi connectivity index (χ1n) is 4.33. The normalized spacial score (nSPS) is 9.93. The van der Waals surface area contributed by atoms with Crippen molar-refractivity contribution in [1.82, 2.24) is 10.2 Å². The number of hydrogen-bond donors (Lipinski definition) is 0. The van der Waals surface area contributed by atoms with Gasteiger partial charge < -0.3 is 0 Å². The number of carbonyl (C=O) groups is 1. The van der Waals surface area contributed by atoms with Gasteiger partial charge in [0.2, 0.25) is 0 Å². The Hall–Kier alpha value is -2.10. The van der Waals surface area contributed by atoms with Gasteiger partial charge in [0.25, 0.3) is 0 Å². The monoisotopic (exact) mass is 202 g/mol. The van der Waals surface area contributed by atoms with Crippen LogP contribution in [0.3, 0.4) is 0 Å². The zero-order valence-corrected chi connectivity index (χ0v) is 7.72. The van der Waals surface area contributed by atoms with Crippen molar-refractivity contribution in [2.45, 2.75) is 0 Å². The molecule has 2 aromatic rings. The van der Waals surface area contributed by atoms with Gasteiger partial charge in [-0.2, -0.15) is 5.10 Å². The van der Waals surface area contributed by atoms with Crippen molar-refractivity contribution >= 4 is 6.29 Å². The van der Waals surface area contributed by atoms with Crippen LogP contribution in [0.25, 0.3) is 11.1 Å². The Morgan fingerprint density at radius 2 is 1.87 bits per heavy atom. The molecule has 1 aromatic carbocycles. The summed E-state index contributed by atoms with van der Waals surface area (Å²) in [5.74, 6) is -0.295. The summed E-state index contributed by atoms with van der Waals surface area (Å²) in [6.45, 7) is 0. The van der Waals surface area contributed by atoms with E-state index in [0.29, 0.717) is 6.29 Å². The zero-order chi connectivity index (χ0) is 10.7. The number of rotatable bonds is 2. The number of halogens is 1. The highest BCUT2D eigenvalue weighted by molar-refractivity contribution is 5.75. The molecule has 0 radical (unpaired) electrons. The molecule has 15 heavy (non-hydrogen) atoms. The van der Waals surface area contributed by atoms with Crippen LogP contribution in [0.2, 0.25) is 0 Å². The van der Waals surface area contributed by atoms with Crippen molar-refractivity contribution in [3.8, 4) is 11.1 Å². The van der Waals surface area contributed by atoms with Crippen LogP contribution >= 0.6 is 0 Å². The van der Waals surface area contributed by atoms with E-state index in [1.165, 1.54) is 18.3 Å². The molecule has 2 rings (SSSR count). The van der Waals surface area contributed by atoms with Crippen LogP contribution in [-0.4, -0.2) is 16.5 Å². The summed E-state index contributed by atoms with van der Waals surface area (Å²) in [4.78, 5) is 10.5. The van der Waals surface area contributed by atoms with Gasteiger partial charge in [-0.3, -0.25) is 4.79 Å². The molecule has 0 saturated carbocycles. The zero-order valence-electron chi connectivity index (χ0n) is 7.72. The molecule has 0 saturated heterocycles. The second-order valence-corrected chi connectivity index (χ2v) is 2.99. The Labute approximate surface area is 85.6 Å². The maximum absolute atomic E-state index is 12.7. The fourth-order valence-electron chi connectivity index (χ4n) is 1.24. The highest BCUT2D eigenvalue weighted by Gasteiger charge is 2.00. The molecule has 74 valence electrons. The maximum Gasteiger partial charge on any atom is 0.170 e. The number of hydrogen-bond acceptors (Lipinski definition) is 3. The third-order valence-corrected chi connectivity index (χ3v) is 1.97. The molecule has 1 aromatic heterocycles. The van der Waals surface area contributed by atoms with Gasteiger partial charge in [-0.25, -0.2) is 4.39 Å². The summed E-state index contributed by atoms with van der Waals surface area (Å²) in [6.07, 6.45) is 2.15. The van der Waals surface area contributed by atoms with Gasteiger partial charge in [-0.05, 0) is 23.8 Å². The predicted octanol–water partition coefficient (Wildman–Crippen LogP) is 2.10. The average molecular weight is 202 g/mol. The molecule has 4 heteroatoms. The Morgan fingerprint density at radius 3 is 2.53 bits per heavy atom. The fourth-order valence-corrected chi connectivity index (χ4v) is 1.24. The smallest absolute Gasteiger partial charge is 0.170 e. The highest BCUT2D eigenvalue weighted by Crippen LogP contribution is 2.18. The average Bonchev–Trinajstić information content (AvgIpc) is 2.30. The Bertz CT molecular complexity index is 482. The van der Waals surface area contributed by atoms with E-state index in [1.807, 2.05) is 0 Å². The molecule has 0 N–H and O–H groups in total. The second-order valence-electron chi connectivity index (χ2n) is 2.99. The van der Waals surface area contributed by atoms with Crippen molar-refractivity contribution in [3.05, 3.63) is 48.0 Å². The lowest BCUT2D eigenvalue weighted by atomic mass is 10.1. The van der Waals surface area contributed by atoms with Crippen molar-refractivity contribution in [2.75, 3.05) is 0 Å². The van der Waals surface area contributed by atoms with E-state index in [9.17, 15) is 9.18 Å². The van der Waals surface area contributed by atoms with E-state index in [4.69, 9.17) is 0 Å². The number of benzene rings is 1. The van der Waals surface area contributed by atoms with Gasteiger partial charge in [0.05, 0.1) is 6.20 Å². The lowest BCUT2D eigenvalue weighted by molar-refractivity contribution is 0.111. The van der Waals surface area contributed by atoms with Gasteiger partial charge in [-0.15, -0.1) is 5.10 Å². The summed E-state index contributed by atoms with van der Waals surface area (Å²) in [5, 5.41) is 7.29. The van der Waals surface area contributed by atoms with Gasteiger partial charge in [0.1, 0.15) is 11.5 Å². The van der Waals surface area contributed by atoms with E-state index in [2.05, 4.69) is 10.2 Å². The van der Waals surface area contributed by atoms with E-state index < -0.39 is 0 Å². The molecular formula is C11H7FN2O. The first kappa shape index (κ1) is 9.45. The number of carbonyl (C=O) groups excluding carboxylic acids is 1. The maximum atomic E-state index is 12.7. The van der Waals surface area contributed by atoms with Crippen molar-refractivity contribution < 1.29 is 9.18 Å². The minimum Gasteiger partial charge on any atom is -0.296 e. The molecule has 3 nitrogen and oxygen atoms in total. The quantitative estimate of drug-likeness (QED) is 0.700. The van der Waals surface area contributed by atoms with Crippen LogP contribution in [0.5, 0.6) is 0 Å². The van der Waals surface area contributed by atoms with Crippen LogP contribution in [-0.2, 0) is 0 Å². The first-order valence-corrected chi connectivity index (χ1v) is 4.33. The fraction of sp³-hybridized carbons (Fsp3) is 0. The lowest BCUT2D eigenvalue weighted by Crippen LogP contribution is -1.91. The topological polar surface area (TPSA) is 42.9 Å². The van der Waals surface area contributed by atoms with E-state index in [1.54, 1.807) is 18.2 Å². The largest absolute Gasteiger partial charge is 0.296 e. The van der Waals surface area contributed by atoms with Gasteiger partial charge >= 0.3 is 0 Å². The molecule has 0 aliphatic heterocycles. The third kappa shape index (κ3) is 2.04. The van der Waals surface area contributed by atoms with Crippen molar-refractivity contribution in [3.63, 3.8) is 0 Å². The van der Waals surface area contributed by atoms with Crippen molar-refractivity contribution in [2.24, 2.45) is 0 Å². The number of aromatic nitrogens is 2. The van der Waals surface area contributed by atoms with Crippen LogP contribution in [0.4, 0.5) is 4.39 Å². The molecule has 0 aliphatic rings. The van der Waals surface area contributed by atoms with Crippen LogP contribution in [0.1, 0.15) is 10.5 Å². The van der Waals surface area contributed by atoms with Crippen LogP contribution < -0.4 is 0 Å². The van der Waals surface area contributed by atoms with Crippen molar-refractivity contribution in [1.29, 1.82) is 0 Å². The standard InChI is InChI=1S/C11H7FN2O/c12-10-3-1-8(2-4-10)9-5-11(7-15)14-13-6-9/h1-7H. The summed E-state index contributed by atoms with van der Waals surface area (Å²) >= 11 is 0. The Balaban J connectivity index is 2.44. The van der Waals surface area contributed by atoms with E-state index >= 15 is 0 Å². The summed E-state index contributed by atoms with van der Waals surface area (Å²) in [6, 6.07) is 7.57. The van der Waals surface area contributed by atoms with E-state index in [-0.39, 0.29) is 11.5 Å². The van der Waals surface area contributed by atoms with Crippen LogP contribution in [0, 0.1) is 5.82 Å². The number of aldehydes is 1. The van der Waals surface area contributed by atoms with Crippen LogP contribution in [0.15, 0.2) is 36.5 Å². The SMILES string of the molecule is O=Cc1cc(-c2ccc(F)cc2)cnn1. The molecule has 0 aliphatic carbocycles. The molecule has 0 amide bonds. The van der Waals surface area contributed by atoms with Gasteiger partial charge in [-0.1, -0.05) is 12.1 Å².